The molecule has 2 aromatic heterocycles. The molecule has 1 fully saturated rings. The van der Waals surface area contributed by atoms with Crippen LogP contribution in [-0.2, 0) is 0 Å². The van der Waals surface area contributed by atoms with Gasteiger partial charge in [0.25, 0.3) is 17.2 Å². The van der Waals surface area contributed by atoms with Crippen LogP contribution in [0, 0.1) is 0 Å². The van der Waals surface area contributed by atoms with Crippen LogP contribution in [-0.4, -0.2) is 67.0 Å². The minimum absolute atomic E-state index is 0.0830. The lowest BCUT2D eigenvalue weighted by Crippen LogP contribution is -2.57. The third-order valence-electron chi connectivity index (χ3n) is 4.49. The molecule has 23 heavy (non-hydrogen) atoms. The van der Waals surface area contributed by atoms with E-state index in [4.69, 9.17) is 0 Å². The Kier molecular flexibility index (Phi) is 4.16. The lowest BCUT2D eigenvalue weighted by atomic mass is 10.1. The maximum Gasteiger partial charge on any atom is 0.286 e. The highest BCUT2D eigenvalue weighted by Gasteiger charge is 2.31. The van der Waals surface area contributed by atoms with Gasteiger partial charge in [0, 0.05) is 37.9 Å². The summed E-state index contributed by atoms with van der Waals surface area (Å²) in [4.78, 5) is 37.3. The summed E-state index contributed by atoms with van der Waals surface area (Å²) in [5, 5.41) is 2.68. The van der Waals surface area contributed by atoms with E-state index in [1.165, 1.54) is 17.0 Å². The molecule has 1 amide bonds. The van der Waals surface area contributed by atoms with Gasteiger partial charge in [0.05, 0.1) is 0 Å². The van der Waals surface area contributed by atoms with Gasteiger partial charge in [-0.3, -0.25) is 19.6 Å². The molecule has 1 aliphatic rings. The van der Waals surface area contributed by atoms with Crippen LogP contribution in [0.3, 0.4) is 0 Å². The number of aromatic nitrogens is 4. The zero-order chi connectivity index (χ0) is 16.6. The van der Waals surface area contributed by atoms with Crippen molar-refractivity contribution in [3.05, 3.63) is 28.4 Å². The van der Waals surface area contributed by atoms with Gasteiger partial charge in [-0.1, -0.05) is 6.92 Å². The molecule has 0 saturated carbocycles. The molecule has 1 N–H and O–H groups in total. The first kappa shape index (κ1) is 15.7. The molecule has 1 saturated heterocycles. The number of hydrogen-bond acceptors (Lipinski definition) is 5. The number of H-pyrrole nitrogens is 1. The van der Waals surface area contributed by atoms with E-state index < -0.39 is 5.56 Å². The maximum atomic E-state index is 12.7. The number of aromatic amines is 1. The molecule has 8 heteroatoms. The van der Waals surface area contributed by atoms with E-state index in [1.54, 1.807) is 4.90 Å². The van der Waals surface area contributed by atoms with Crippen molar-refractivity contribution >= 4 is 11.7 Å². The van der Waals surface area contributed by atoms with E-state index in [2.05, 4.69) is 40.7 Å². The summed E-state index contributed by atoms with van der Waals surface area (Å²) < 4.78 is 1.19. The predicted octanol–water partition coefficient (Wildman–Crippen LogP) is 0.362. The number of piperazine rings is 1. The van der Waals surface area contributed by atoms with E-state index in [1.807, 2.05) is 0 Å². The van der Waals surface area contributed by atoms with Crippen molar-refractivity contribution in [3.63, 3.8) is 0 Å². The Hall–Kier alpha value is -2.22. The fraction of sp³-hybridized carbons (Fsp3) is 0.600. The van der Waals surface area contributed by atoms with E-state index in [0.717, 1.165) is 13.0 Å². The van der Waals surface area contributed by atoms with Crippen molar-refractivity contribution in [2.24, 2.45) is 0 Å². The van der Waals surface area contributed by atoms with Gasteiger partial charge < -0.3 is 4.90 Å². The van der Waals surface area contributed by atoms with E-state index in [9.17, 15) is 9.59 Å². The first-order chi connectivity index (χ1) is 11.0. The van der Waals surface area contributed by atoms with Crippen molar-refractivity contribution < 1.29 is 4.79 Å². The number of rotatable bonds is 3. The standard InChI is InChI=1S/C15H22N6O2/c1-4-11-8-19(5-6-20(11)10(2)3)13(22)12-7-16-15-17-9-18-21(15)14(12)23/h7,9-11H,4-6,8H2,1-3H3,(H,16,17,18). The minimum Gasteiger partial charge on any atom is -0.336 e. The average molecular weight is 318 g/mol. The van der Waals surface area contributed by atoms with Crippen molar-refractivity contribution in [1.82, 2.24) is 29.4 Å². The van der Waals surface area contributed by atoms with Crippen LogP contribution < -0.4 is 5.56 Å². The molecule has 2 aromatic rings. The molecule has 0 bridgehead atoms. The molecule has 3 heterocycles. The van der Waals surface area contributed by atoms with Crippen molar-refractivity contribution in [2.45, 2.75) is 39.3 Å². The molecule has 0 spiro atoms. The van der Waals surface area contributed by atoms with E-state index in [-0.39, 0.29) is 17.2 Å². The fourth-order valence-corrected chi connectivity index (χ4v) is 3.21. The molecule has 3 rings (SSSR count). The smallest absolute Gasteiger partial charge is 0.286 e. The summed E-state index contributed by atoms with van der Waals surface area (Å²) in [6, 6.07) is 0.769. The topological polar surface area (TPSA) is 86.6 Å². The van der Waals surface area contributed by atoms with E-state index >= 15 is 0 Å². The summed E-state index contributed by atoms with van der Waals surface area (Å²) in [5.74, 6) is 0.0102. The lowest BCUT2D eigenvalue weighted by Gasteiger charge is -2.43. The maximum absolute atomic E-state index is 12.7. The summed E-state index contributed by atoms with van der Waals surface area (Å²) in [6.07, 6.45) is 3.68. The highest BCUT2D eigenvalue weighted by Crippen LogP contribution is 2.17. The second-order valence-electron chi connectivity index (χ2n) is 6.14. The van der Waals surface area contributed by atoms with Crippen LogP contribution in [0.15, 0.2) is 17.3 Å². The van der Waals surface area contributed by atoms with Crippen LogP contribution in [0.1, 0.15) is 37.6 Å². The molecule has 1 unspecified atom stereocenters. The van der Waals surface area contributed by atoms with Crippen LogP contribution >= 0.6 is 0 Å². The average Bonchev–Trinajstić information content (AvgIpc) is 3.03. The van der Waals surface area contributed by atoms with Crippen LogP contribution in [0.25, 0.3) is 5.78 Å². The third-order valence-corrected chi connectivity index (χ3v) is 4.49. The summed E-state index contributed by atoms with van der Waals surface area (Å²) >= 11 is 0. The Bertz CT molecular complexity index is 765. The first-order valence-corrected chi connectivity index (χ1v) is 7.99. The lowest BCUT2D eigenvalue weighted by molar-refractivity contribution is 0.0370. The number of nitrogens with zero attached hydrogens (tertiary/aromatic N) is 5. The molecule has 1 aliphatic heterocycles. The highest BCUT2D eigenvalue weighted by molar-refractivity contribution is 5.93. The second-order valence-corrected chi connectivity index (χ2v) is 6.14. The highest BCUT2D eigenvalue weighted by atomic mass is 16.2. The molecule has 0 radical (unpaired) electrons. The molecule has 1 atom stereocenters. The van der Waals surface area contributed by atoms with Crippen LogP contribution in [0.4, 0.5) is 0 Å². The Morgan fingerprint density at radius 3 is 2.87 bits per heavy atom. The number of hydrogen-bond donors (Lipinski definition) is 1. The number of fused-ring (bicyclic) bond motifs is 1. The quantitative estimate of drug-likeness (QED) is 0.883. The zero-order valence-electron chi connectivity index (χ0n) is 13.7. The zero-order valence-corrected chi connectivity index (χ0v) is 13.7. The number of amides is 1. The van der Waals surface area contributed by atoms with Crippen molar-refractivity contribution in [1.29, 1.82) is 0 Å². The van der Waals surface area contributed by atoms with Gasteiger partial charge in [-0.05, 0) is 20.3 Å². The normalized spacial score (nSPS) is 19.7. The monoisotopic (exact) mass is 318 g/mol. The summed E-state index contributed by atoms with van der Waals surface area (Å²) in [6.45, 7) is 8.55. The summed E-state index contributed by atoms with van der Waals surface area (Å²) in [5.41, 5.74) is -0.323. The Balaban J connectivity index is 1.85. The number of nitrogens with one attached hydrogen (secondary N) is 1. The van der Waals surface area contributed by atoms with Crippen LogP contribution in [0.5, 0.6) is 0 Å². The largest absolute Gasteiger partial charge is 0.336 e. The van der Waals surface area contributed by atoms with E-state index in [0.29, 0.717) is 25.2 Å². The minimum atomic E-state index is -0.406. The third kappa shape index (κ3) is 2.74. The van der Waals surface area contributed by atoms with Gasteiger partial charge in [0.15, 0.2) is 0 Å². The Morgan fingerprint density at radius 2 is 2.17 bits per heavy atom. The van der Waals surface area contributed by atoms with Crippen molar-refractivity contribution in [2.75, 3.05) is 19.6 Å². The van der Waals surface area contributed by atoms with Gasteiger partial charge in [0.1, 0.15) is 11.9 Å². The number of carbonyl (C=O) groups is 1. The second kappa shape index (κ2) is 6.11. The fourth-order valence-electron chi connectivity index (χ4n) is 3.21. The number of carbonyl (C=O) groups excluding carboxylic acids is 1. The Morgan fingerprint density at radius 1 is 1.39 bits per heavy atom. The first-order valence-electron chi connectivity index (χ1n) is 7.99. The van der Waals surface area contributed by atoms with Gasteiger partial charge >= 0.3 is 0 Å². The van der Waals surface area contributed by atoms with Gasteiger partial charge in [-0.15, -0.1) is 0 Å². The van der Waals surface area contributed by atoms with Gasteiger partial charge in [-0.2, -0.15) is 4.52 Å². The van der Waals surface area contributed by atoms with Gasteiger partial charge in [0.2, 0.25) is 0 Å². The Labute approximate surface area is 134 Å². The predicted molar refractivity (Wildman–Crippen MR) is 85.4 cm³/mol. The molecule has 124 valence electrons. The molecular formula is C15H22N6O2. The van der Waals surface area contributed by atoms with Crippen LogP contribution in [0.2, 0.25) is 0 Å². The molecule has 0 aliphatic carbocycles. The van der Waals surface area contributed by atoms with Crippen molar-refractivity contribution in [3.8, 4) is 0 Å². The molecule has 8 nitrogen and oxygen atoms in total. The SMILES string of the molecule is CCC1CN(C(=O)c2cnc3nc[nH]n3c2=O)CCN1C(C)C. The van der Waals surface area contributed by atoms with Gasteiger partial charge in [-0.25, -0.2) is 9.97 Å². The molecule has 0 aromatic carbocycles. The summed E-state index contributed by atoms with van der Waals surface area (Å²) in [7, 11) is 0. The molecular weight excluding hydrogens is 296 g/mol.